The fourth-order valence-electron chi connectivity index (χ4n) is 3.55. The molecule has 5 heteroatoms. The van der Waals surface area contributed by atoms with Crippen LogP contribution in [0.25, 0.3) is 5.69 Å². The second kappa shape index (κ2) is 8.37. The summed E-state index contributed by atoms with van der Waals surface area (Å²) in [4.78, 5) is 2.47. The molecule has 1 aromatic heterocycles. The van der Waals surface area contributed by atoms with Gasteiger partial charge < -0.3 is 9.47 Å². The van der Waals surface area contributed by atoms with Crippen molar-refractivity contribution in [1.82, 2.24) is 14.7 Å². The molecule has 0 N–H and O–H groups in total. The number of methoxy groups -OCH3 is 1. The molecule has 27 heavy (non-hydrogen) atoms. The third kappa shape index (κ3) is 4.56. The third-order valence-electron chi connectivity index (χ3n) is 4.93. The van der Waals surface area contributed by atoms with Crippen LogP contribution in [0.5, 0.6) is 5.75 Å². The van der Waals surface area contributed by atoms with Crippen molar-refractivity contribution in [2.24, 2.45) is 0 Å². The lowest BCUT2D eigenvalue weighted by molar-refractivity contribution is -0.0304. The van der Waals surface area contributed by atoms with Gasteiger partial charge in [-0.3, -0.25) is 4.90 Å². The molecule has 0 spiro atoms. The Labute approximate surface area is 160 Å². The number of hydrogen-bond acceptors (Lipinski definition) is 4. The zero-order valence-electron chi connectivity index (χ0n) is 15.6. The van der Waals surface area contributed by atoms with Gasteiger partial charge in [-0.2, -0.15) is 5.10 Å². The molecule has 2 heterocycles. The van der Waals surface area contributed by atoms with Crippen LogP contribution < -0.4 is 4.74 Å². The fourth-order valence-corrected chi connectivity index (χ4v) is 3.55. The van der Waals surface area contributed by atoms with Crippen molar-refractivity contribution < 1.29 is 9.47 Å². The highest BCUT2D eigenvalue weighted by molar-refractivity contribution is 5.35. The van der Waals surface area contributed by atoms with E-state index in [1.807, 2.05) is 29.1 Å². The summed E-state index contributed by atoms with van der Waals surface area (Å²) in [5.41, 5.74) is 3.68. The molecule has 0 saturated carbocycles. The minimum absolute atomic E-state index is 0.224. The largest absolute Gasteiger partial charge is 0.497 e. The molecule has 1 aliphatic heterocycles. The first-order chi connectivity index (χ1) is 13.3. The van der Waals surface area contributed by atoms with Gasteiger partial charge in [0.25, 0.3) is 0 Å². The number of benzene rings is 2. The monoisotopic (exact) mass is 363 g/mol. The van der Waals surface area contributed by atoms with Gasteiger partial charge in [0.15, 0.2) is 0 Å². The van der Waals surface area contributed by atoms with Crippen LogP contribution in [0.15, 0.2) is 67.0 Å². The van der Waals surface area contributed by atoms with Crippen molar-refractivity contribution in [3.8, 4) is 11.4 Å². The van der Waals surface area contributed by atoms with E-state index in [-0.39, 0.29) is 6.10 Å². The van der Waals surface area contributed by atoms with Crippen LogP contribution >= 0.6 is 0 Å². The number of morpholine rings is 1. The van der Waals surface area contributed by atoms with Gasteiger partial charge in [-0.25, -0.2) is 4.68 Å². The van der Waals surface area contributed by atoms with Gasteiger partial charge in [0, 0.05) is 32.0 Å². The number of rotatable bonds is 6. The van der Waals surface area contributed by atoms with E-state index in [2.05, 4.69) is 46.4 Å². The van der Waals surface area contributed by atoms with Crippen LogP contribution in [0.3, 0.4) is 0 Å². The van der Waals surface area contributed by atoms with E-state index in [4.69, 9.17) is 9.47 Å². The Kier molecular flexibility index (Phi) is 5.51. The molecule has 0 aliphatic carbocycles. The van der Waals surface area contributed by atoms with E-state index in [1.54, 1.807) is 13.3 Å². The summed E-state index contributed by atoms with van der Waals surface area (Å²) in [5, 5.41) is 4.32. The minimum Gasteiger partial charge on any atom is -0.497 e. The molecule has 4 rings (SSSR count). The van der Waals surface area contributed by atoms with Crippen molar-refractivity contribution in [1.29, 1.82) is 0 Å². The summed E-state index contributed by atoms with van der Waals surface area (Å²) in [7, 11) is 1.69. The van der Waals surface area contributed by atoms with Crippen LogP contribution in [-0.2, 0) is 17.7 Å². The van der Waals surface area contributed by atoms with E-state index in [0.29, 0.717) is 0 Å². The molecule has 0 amide bonds. The Morgan fingerprint density at radius 2 is 2.00 bits per heavy atom. The maximum absolute atomic E-state index is 6.00. The molecule has 140 valence electrons. The minimum atomic E-state index is 0.224. The molecule has 1 saturated heterocycles. The van der Waals surface area contributed by atoms with E-state index in [0.717, 1.165) is 44.1 Å². The van der Waals surface area contributed by atoms with Crippen LogP contribution in [0.2, 0.25) is 0 Å². The summed E-state index contributed by atoms with van der Waals surface area (Å²) in [6, 6.07) is 18.8. The third-order valence-corrected chi connectivity index (χ3v) is 4.93. The standard InChI is InChI=1S/C22H25N3O2/c1-26-21-8-6-18(7-9-21)15-22-17-24(12-13-27-22)16-19-4-2-5-20(14-19)25-11-3-10-23-25/h2-11,14,22H,12-13,15-17H2,1H3. The predicted molar refractivity (Wildman–Crippen MR) is 105 cm³/mol. The summed E-state index contributed by atoms with van der Waals surface area (Å²) < 4.78 is 13.1. The first-order valence-corrected chi connectivity index (χ1v) is 9.36. The van der Waals surface area contributed by atoms with E-state index in [1.165, 1.54) is 11.1 Å². The zero-order valence-corrected chi connectivity index (χ0v) is 15.6. The second-order valence-electron chi connectivity index (χ2n) is 6.90. The lowest BCUT2D eigenvalue weighted by atomic mass is 10.1. The Morgan fingerprint density at radius 1 is 1.11 bits per heavy atom. The molecular formula is C22H25N3O2. The number of hydrogen-bond donors (Lipinski definition) is 0. The highest BCUT2D eigenvalue weighted by atomic mass is 16.5. The topological polar surface area (TPSA) is 39.5 Å². The Bertz CT molecular complexity index is 846. The molecule has 1 unspecified atom stereocenters. The first kappa shape index (κ1) is 17.8. The van der Waals surface area contributed by atoms with Gasteiger partial charge in [-0.15, -0.1) is 0 Å². The Balaban J connectivity index is 1.37. The quantitative estimate of drug-likeness (QED) is 0.674. The SMILES string of the molecule is COc1ccc(CC2CN(Cc3cccc(-n4cccn4)c3)CCO2)cc1. The normalized spacial score (nSPS) is 17.7. The maximum Gasteiger partial charge on any atom is 0.118 e. The van der Waals surface area contributed by atoms with Gasteiger partial charge in [0.1, 0.15) is 5.75 Å². The van der Waals surface area contributed by atoms with E-state index >= 15 is 0 Å². The van der Waals surface area contributed by atoms with Gasteiger partial charge in [0.2, 0.25) is 0 Å². The summed E-state index contributed by atoms with van der Waals surface area (Å²) in [5.74, 6) is 0.891. The van der Waals surface area contributed by atoms with Gasteiger partial charge in [-0.05, 0) is 47.9 Å². The van der Waals surface area contributed by atoms with Crippen LogP contribution in [0.1, 0.15) is 11.1 Å². The smallest absolute Gasteiger partial charge is 0.118 e. The van der Waals surface area contributed by atoms with Gasteiger partial charge in [-0.1, -0.05) is 24.3 Å². The summed E-state index contributed by atoms with van der Waals surface area (Å²) in [6.45, 7) is 3.61. The van der Waals surface area contributed by atoms with Crippen molar-refractivity contribution >= 4 is 0 Å². The lowest BCUT2D eigenvalue weighted by Crippen LogP contribution is -2.42. The summed E-state index contributed by atoms with van der Waals surface area (Å²) >= 11 is 0. The Morgan fingerprint density at radius 3 is 2.78 bits per heavy atom. The van der Waals surface area contributed by atoms with Crippen molar-refractivity contribution in [2.45, 2.75) is 19.1 Å². The van der Waals surface area contributed by atoms with Gasteiger partial charge in [0.05, 0.1) is 25.5 Å². The average molecular weight is 363 g/mol. The first-order valence-electron chi connectivity index (χ1n) is 9.36. The maximum atomic E-state index is 6.00. The predicted octanol–water partition coefficient (Wildman–Crippen LogP) is 3.32. The van der Waals surface area contributed by atoms with Gasteiger partial charge >= 0.3 is 0 Å². The van der Waals surface area contributed by atoms with Crippen LogP contribution in [0, 0.1) is 0 Å². The van der Waals surface area contributed by atoms with E-state index in [9.17, 15) is 0 Å². The molecule has 0 radical (unpaired) electrons. The molecular weight excluding hydrogens is 338 g/mol. The second-order valence-corrected chi connectivity index (χ2v) is 6.90. The van der Waals surface area contributed by atoms with Crippen molar-refractivity contribution in [3.05, 3.63) is 78.1 Å². The van der Waals surface area contributed by atoms with E-state index < -0.39 is 0 Å². The van der Waals surface area contributed by atoms with Crippen LogP contribution in [0.4, 0.5) is 0 Å². The molecule has 1 atom stereocenters. The number of ether oxygens (including phenoxy) is 2. The molecule has 2 aromatic carbocycles. The lowest BCUT2D eigenvalue weighted by Gasteiger charge is -2.33. The van der Waals surface area contributed by atoms with Crippen molar-refractivity contribution in [3.63, 3.8) is 0 Å². The average Bonchev–Trinajstić information content (AvgIpc) is 3.24. The molecule has 1 fully saturated rings. The molecule has 1 aliphatic rings. The highest BCUT2D eigenvalue weighted by Crippen LogP contribution is 2.18. The molecule has 0 bridgehead atoms. The number of nitrogens with zero attached hydrogens (tertiary/aromatic N) is 3. The van der Waals surface area contributed by atoms with Crippen molar-refractivity contribution in [2.75, 3.05) is 26.8 Å². The molecule has 5 nitrogen and oxygen atoms in total. The number of aromatic nitrogens is 2. The van der Waals surface area contributed by atoms with Crippen LogP contribution in [-0.4, -0.2) is 47.6 Å². The zero-order chi connectivity index (χ0) is 18.5. The Hall–Kier alpha value is -2.63. The fraction of sp³-hybridized carbons (Fsp3) is 0.318. The molecule has 3 aromatic rings. The summed E-state index contributed by atoms with van der Waals surface area (Å²) in [6.07, 6.45) is 4.92. The highest BCUT2D eigenvalue weighted by Gasteiger charge is 2.21.